The molecule has 1 aliphatic heterocycles. The Bertz CT molecular complexity index is 222. The third-order valence-electron chi connectivity index (χ3n) is 3.03. The van der Waals surface area contributed by atoms with Crippen molar-refractivity contribution in [2.75, 3.05) is 41.0 Å². The maximum absolute atomic E-state index is 11.3. The van der Waals surface area contributed by atoms with Crippen LogP contribution in [0.25, 0.3) is 0 Å². The van der Waals surface area contributed by atoms with Gasteiger partial charge in [0.25, 0.3) is 0 Å². The molecule has 5 nitrogen and oxygen atoms in total. The standard InChI is InChI=1S/C11H21NO4/c1-8(11(13)16-4)5-12-6-9(14-2)10(7-12)15-3/h8-10H,5-7H2,1-4H3. The van der Waals surface area contributed by atoms with Crippen LogP contribution in [0.5, 0.6) is 0 Å². The van der Waals surface area contributed by atoms with E-state index in [-0.39, 0.29) is 24.1 Å². The van der Waals surface area contributed by atoms with Crippen LogP contribution in [0, 0.1) is 5.92 Å². The monoisotopic (exact) mass is 231 g/mol. The number of methoxy groups -OCH3 is 3. The molecule has 0 saturated carbocycles. The van der Waals surface area contributed by atoms with Gasteiger partial charge in [0.05, 0.1) is 25.2 Å². The first kappa shape index (κ1) is 13.4. The average Bonchev–Trinajstić information content (AvgIpc) is 2.69. The van der Waals surface area contributed by atoms with Crippen molar-refractivity contribution < 1.29 is 19.0 Å². The molecule has 3 unspecified atom stereocenters. The molecule has 0 bridgehead atoms. The van der Waals surface area contributed by atoms with Gasteiger partial charge < -0.3 is 14.2 Å². The minimum absolute atomic E-state index is 0.0925. The summed E-state index contributed by atoms with van der Waals surface area (Å²) in [5.41, 5.74) is 0. The fourth-order valence-corrected chi connectivity index (χ4v) is 2.08. The summed E-state index contributed by atoms with van der Waals surface area (Å²) < 4.78 is 15.4. The van der Waals surface area contributed by atoms with Crippen LogP contribution in [0.15, 0.2) is 0 Å². The van der Waals surface area contributed by atoms with Crippen LogP contribution in [0.3, 0.4) is 0 Å². The molecular formula is C11H21NO4. The molecule has 1 heterocycles. The Morgan fingerprint density at radius 1 is 1.25 bits per heavy atom. The first-order valence-electron chi connectivity index (χ1n) is 5.48. The van der Waals surface area contributed by atoms with Crippen LogP contribution in [0.1, 0.15) is 6.92 Å². The van der Waals surface area contributed by atoms with Gasteiger partial charge in [-0.3, -0.25) is 9.69 Å². The minimum Gasteiger partial charge on any atom is -0.469 e. The van der Waals surface area contributed by atoms with Gasteiger partial charge in [-0.2, -0.15) is 0 Å². The summed E-state index contributed by atoms with van der Waals surface area (Å²) in [4.78, 5) is 13.5. The third-order valence-corrected chi connectivity index (χ3v) is 3.03. The molecule has 1 aliphatic rings. The molecule has 0 amide bonds. The van der Waals surface area contributed by atoms with Gasteiger partial charge in [0.15, 0.2) is 0 Å². The van der Waals surface area contributed by atoms with Gasteiger partial charge in [-0.1, -0.05) is 6.92 Å². The largest absolute Gasteiger partial charge is 0.469 e. The second-order valence-electron chi connectivity index (χ2n) is 4.19. The normalized spacial score (nSPS) is 28.0. The molecule has 16 heavy (non-hydrogen) atoms. The highest BCUT2D eigenvalue weighted by Crippen LogP contribution is 2.17. The Morgan fingerprint density at radius 2 is 1.75 bits per heavy atom. The van der Waals surface area contributed by atoms with Crippen LogP contribution >= 0.6 is 0 Å². The molecule has 0 aromatic carbocycles. The predicted octanol–water partition coefficient (Wildman–Crippen LogP) is 0.141. The summed E-state index contributed by atoms with van der Waals surface area (Å²) in [6, 6.07) is 0. The maximum Gasteiger partial charge on any atom is 0.309 e. The van der Waals surface area contributed by atoms with Crippen molar-refractivity contribution in [2.24, 2.45) is 5.92 Å². The Kier molecular flexibility index (Phi) is 5.18. The summed E-state index contributed by atoms with van der Waals surface area (Å²) in [5, 5.41) is 0. The van der Waals surface area contributed by atoms with E-state index in [4.69, 9.17) is 14.2 Å². The van der Waals surface area contributed by atoms with E-state index in [0.717, 1.165) is 13.1 Å². The lowest BCUT2D eigenvalue weighted by Gasteiger charge is -2.18. The lowest BCUT2D eigenvalue weighted by molar-refractivity contribution is -0.145. The number of rotatable bonds is 5. The number of likely N-dealkylation sites (tertiary alicyclic amines) is 1. The van der Waals surface area contributed by atoms with Gasteiger partial charge in [-0.15, -0.1) is 0 Å². The van der Waals surface area contributed by atoms with Crippen molar-refractivity contribution in [3.8, 4) is 0 Å². The van der Waals surface area contributed by atoms with Crippen molar-refractivity contribution in [3.05, 3.63) is 0 Å². The summed E-state index contributed by atoms with van der Waals surface area (Å²) in [6.07, 6.45) is 0.185. The van der Waals surface area contributed by atoms with Crippen molar-refractivity contribution in [3.63, 3.8) is 0 Å². The Hall–Kier alpha value is -0.650. The Labute approximate surface area is 96.6 Å². The maximum atomic E-state index is 11.3. The van der Waals surface area contributed by atoms with Gasteiger partial charge in [0.1, 0.15) is 0 Å². The molecule has 94 valence electrons. The molecule has 0 aliphatic carbocycles. The molecule has 0 spiro atoms. The highest BCUT2D eigenvalue weighted by Gasteiger charge is 2.34. The van der Waals surface area contributed by atoms with E-state index in [2.05, 4.69) is 4.90 Å². The SMILES string of the molecule is COC(=O)C(C)CN1CC(OC)C(OC)C1. The summed E-state index contributed by atoms with van der Waals surface area (Å²) in [5.74, 6) is -0.284. The molecule has 0 radical (unpaired) electrons. The second-order valence-corrected chi connectivity index (χ2v) is 4.19. The van der Waals surface area contributed by atoms with E-state index in [0.29, 0.717) is 6.54 Å². The van der Waals surface area contributed by atoms with E-state index in [1.54, 1.807) is 14.2 Å². The number of hydrogen-bond donors (Lipinski definition) is 0. The predicted molar refractivity (Wildman–Crippen MR) is 59.2 cm³/mol. The number of carbonyl (C=O) groups is 1. The number of esters is 1. The fraction of sp³-hybridized carbons (Fsp3) is 0.909. The van der Waals surface area contributed by atoms with Crippen molar-refractivity contribution >= 4 is 5.97 Å². The molecule has 1 saturated heterocycles. The van der Waals surface area contributed by atoms with Gasteiger partial charge in [0, 0.05) is 33.9 Å². The lowest BCUT2D eigenvalue weighted by atomic mass is 10.2. The molecular weight excluding hydrogens is 210 g/mol. The van der Waals surface area contributed by atoms with E-state index in [9.17, 15) is 4.79 Å². The zero-order valence-electron chi connectivity index (χ0n) is 10.4. The van der Waals surface area contributed by atoms with Gasteiger partial charge in [-0.05, 0) is 0 Å². The van der Waals surface area contributed by atoms with Crippen LogP contribution in [0.4, 0.5) is 0 Å². The van der Waals surface area contributed by atoms with E-state index >= 15 is 0 Å². The quantitative estimate of drug-likeness (QED) is 0.630. The van der Waals surface area contributed by atoms with E-state index in [1.807, 2.05) is 6.92 Å². The van der Waals surface area contributed by atoms with Crippen LogP contribution in [-0.4, -0.2) is 64.0 Å². The molecule has 0 aromatic heterocycles. The highest BCUT2D eigenvalue weighted by molar-refractivity contribution is 5.72. The highest BCUT2D eigenvalue weighted by atomic mass is 16.5. The lowest BCUT2D eigenvalue weighted by Crippen LogP contribution is -2.31. The molecule has 0 aromatic rings. The molecule has 1 rings (SSSR count). The molecule has 1 fully saturated rings. The van der Waals surface area contributed by atoms with E-state index in [1.165, 1.54) is 7.11 Å². The zero-order chi connectivity index (χ0) is 12.1. The van der Waals surface area contributed by atoms with Crippen LogP contribution in [-0.2, 0) is 19.0 Å². The zero-order valence-corrected chi connectivity index (χ0v) is 10.4. The number of carbonyl (C=O) groups excluding carboxylic acids is 1. The van der Waals surface area contributed by atoms with Gasteiger partial charge in [0.2, 0.25) is 0 Å². The summed E-state index contributed by atoms with van der Waals surface area (Å²) in [7, 11) is 4.78. The first-order chi connectivity index (χ1) is 7.62. The van der Waals surface area contributed by atoms with Gasteiger partial charge in [-0.25, -0.2) is 0 Å². The second kappa shape index (κ2) is 6.18. The number of nitrogens with zero attached hydrogens (tertiary/aromatic N) is 1. The third kappa shape index (κ3) is 3.17. The molecule has 5 heteroatoms. The first-order valence-corrected chi connectivity index (χ1v) is 5.48. The number of hydrogen-bond acceptors (Lipinski definition) is 5. The Morgan fingerprint density at radius 3 is 2.12 bits per heavy atom. The minimum atomic E-state index is -0.171. The van der Waals surface area contributed by atoms with Crippen molar-refractivity contribution in [1.82, 2.24) is 4.90 Å². The molecule has 0 N–H and O–H groups in total. The fourth-order valence-electron chi connectivity index (χ4n) is 2.08. The van der Waals surface area contributed by atoms with E-state index < -0.39 is 0 Å². The molecule has 3 atom stereocenters. The van der Waals surface area contributed by atoms with Crippen molar-refractivity contribution in [2.45, 2.75) is 19.1 Å². The van der Waals surface area contributed by atoms with Crippen LogP contribution in [0.2, 0.25) is 0 Å². The Balaban J connectivity index is 2.43. The van der Waals surface area contributed by atoms with Gasteiger partial charge >= 0.3 is 5.97 Å². The summed E-state index contributed by atoms with van der Waals surface area (Å²) >= 11 is 0. The smallest absolute Gasteiger partial charge is 0.309 e. The average molecular weight is 231 g/mol. The topological polar surface area (TPSA) is 48.0 Å². The summed E-state index contributed by atoms with van der Waals surface area (Å²) in [6.45, 7) is 4.16. The number of ether oxygens (including phenoxy) is 3. The van der Waals surface area contributed by atoms with Crippen molar-refractivity contribution in [1.29, 1.82) is 0 Å². The van der Waals surface area contributed by atoms with Crippen LogP contribution < -0.4 is 0 Å².